The van der Waals surface area contributed by atoms with Crippen molar-refractivity contribution in [3.8, 4) is 11.1 Å². The van der Waals surface area contributed by atoms with E-state index in [1.807, 2.05) is 12.1 Å². The summed E-state index contributed by atoms with van der Waals surface area (Å²) in [7, 11) is 0. The summed E-state index contributed by atoms with van der Waals surface area (Å²) < 4.78 is 13.1. The molecule has 5 heteroatoms. The normalized spacial score (nSPS) is 13.4. The summed E-state index contributed by atoms with van der Waals surface area (Å²) in [6.07, 6.45) is 6.77. The molecule has 0 saturated heterocycles. The van der Waals surface area contributed by atoms with Crippen LogP contribution in [-0.4, -0.2) is 22.4 Å². The third kappa shape index (κ3) is 3.01. The molecule has 1 amide bonds. The molecule has 3 heterocycles. The number of rotatable bonds is 2. The molecule has 0 radical (unpaired) electrons. The molecule has 0 unspecified atom stereocenters. The Morgan fingerprint density at radius 1 is 1.08 bits per heavy atom. The van der Waals surface area contributed by atoms with Crippen LogP contribution in [0.3, 0.4) is 0 Å². The maximum Gasteiger partial charge on any atom is 0.259 e. The van der Waals surface area contributed by atoms with E-state index in [0.717, 1.165) is 35.3 Å². The summed E-state index contributed by atoms with van der Waals surface area (Å²) in [6.45, 7) is 0.665. The van der Waals surface area contributed by atoms with Crippen molar-refractivity contribution < 1.29 is 9.18 Å². The predicted octanol–water partition coefficient (Wildman–Crippen LogP) is 3.88. The minimum Gasteiger partial charge on any atom is -0.306 e. The van der Waals surface area contributed by atoms with Gasteiger partial charge in [-0.2, -0.15) is 0 Å². The molecule has 0 bridgehead atoms. The molecule has 1 aliphatic heterocycles. The van der Waals surface area contributed by atoms with Crippen molar-refractivity contribution in [3.63, 3.8) is 0 Å². The third-order valence-corrected chi connectivity index (χ3v) is 4.36. The zero-order valence-electron chi connectivity index (χ0n) is 13.5. The van der Waals surface area contributed by atoms with E-state index in [4.69, 9.17) is 0 Å². The highest BCUT2D eigenvalue weighted by Gasteiger charge is 2.24. The number of nitrogens with zero attached hydrogens (tertiary/aromatic N) is 3. The van der Waals surface area contributed by atoms with Crippen LogP contribution in [0.2, 0.25) is 0 Å². The first-order valence-electron chi connectivity index (χ1n) is 8.19. The SMILES string of the molecule is O=C(c1cncc(-c2ccc(F)cc2)c1)N1CCCc2ncccc21. The molecule has 4 nitrogen and oxygen atoms in total. The Kier molecular flexibility index (Phi) is 3.98. The molecule has 0 spiro atoms. The average Bonchev–Trinajstić information content (AvgIpc) is 2.68. The van der Waals surface area contributed by atoms with E-state index >= 15 is 0 Å². The van der Waals surface area contributed by atoms with Gasteiger partial charge in [0, 0.05) is 30.7 Å². The minimum atomic E-state index is -0.290. The number of fused-ring (bicyclic) bond motifs is 1. The predicted molar refractivity (Wildman–Crippen MR) is 93.9 cm³/mol. The summed E-state index contributed by atoms with van der Waals surface area (Å²) in [6, 6.07) is 11.7. The lowest BCUT2D eigenvalue weighted by atomic mass is 10.0. The van der Waals surface area contributed by atoms with Crippen LogP contribution in [0, 0.1) is 5.82 Å². The summed E-state index contributed by atoms with van der Waals surface area (Å²) in [4.78, 5) is 23.3. The summed E-state index contributed by atoms with van der Waals surface area (Å²) in [5.74, 6) is -0.383. The van der Waals surface area contributed by atoms with Gasteiger partial charge >= 0.3 is 0 Å². The van der Waals surface area contributed by atoms with Crippen LogP contribution in [-0.2, 0) is 6.42 Å². The number of carbonyl (C=O) groups excluding carboxylic acids is 1. The molecule has 0 fully saturated rings. The number of amides is 1. The van der Waals surface area contributed by atoms with Gasteiger partial charge in [0.15, 0.2) is 0 Å². The fourth-order valence-electron chi connectivity index (χ4n) is 3.12. The third-order valence-electron chi connectivity index (χ3n) is 4.36. The average molecular weight is 333 g/mol. The Balaban J connectivity index is 1.68. The number of carbonyl (C=O) groups is 1. The molecule has 0 saturated carbocycles. The molecule has 3 aromatic rings. The Morgan fingerprint density at radius 2 is 1.92 bits per heavy atom. The number of pyridine rings is 2. The number of halogens is 1. The lowest BCUT2D eigenvalue weighted by Gasteiger charge is -2.28. The zero-order chi connectivity index (χ0) is 17.2. The van der Waals surface area contributed by atoms with Gasteiger partial charge in [-0.1, -0.05) is 12.1 Å². The Labute approximate surface area is 145 Å². The number of aryl methyl sites for hydroxylation is 1. The van der Waals surface area contributed by atoms with Gasteiger partial charge < -0.3 is 4.90 Å². The van der Waals surface area contributed by atoms with Crippen molar-refractivity contribution in [3.05, 3.63) is 78.1 Å². The van der Waals surface area contributed by atoms with Gasteiger partial charge in [0.25, 0.3) is 5.91 Å². The molecule has 4 rings (SSSR count). The fraction of sp³-hybridized carbons (Fsp3) is 0.150. The molecular formula is C20H16FN3O. The first-order chi connectivity index (χ1) is 12.2. The van der Waals surface area contributed by atoms with Gasteiger partial charge in [-0.05, 0) is 48.7 Å². The smallest absolute Gasteiger partial charge is 0.259 e. The Bertz CT molecular complexity index is 924. The maximum absolute atomic E-state index is 13.1. The minimum absolute atomic E-state index is 0.0922. The van der Waals surface area contributed by atoms with E-state index < -0.39 is 0 Å². The first kappa shape index (κ1) is 15.4. The van der Waals surface area contributed by atoms with Gasteiger partial charge in [0.05, 0.1) is 16.9 Å². The molecule has 124 valence electrons. The van der Waals surface area contributed by atoms with Crippen LogP contribution >= 0.6 is 0 Å². The maximum atomic E-state index is 13.1. The van der Waals surface area contributed by atoms with Crippen LogP contribution in [0.4, 0.5) is 10.1 Å². The Hall–Kier alpha value is -3.08. The second-order valence-electron chi connectivity index (χ2n) is 6.00. The van der Waals surface area contributed by atoms with Crippen molar-refractivity contribution in [2.24, 2.45) is 0 Å². The quantitative estimate of drug-likeness (QED) is 0.715. The number of benzene rings is 1. The van der Waals surface area contributed by atoms with E-state index in [9.17, 15) is 9.18 Å². The largest absolute Gasteiger partial charge is 0.306 e. The second kappa shape index (κ2) is 6.43. The highest BCUT2D eigenvalue weighted by Crippen LogP contribution is 2.27. The van der Waals surface area contributed by atoms with E-state index in [1.54, 1.807) is 41.7 Å². The summed E-state index contributed by atoms with van der Waals surface area (Å²) >= 11 is 0. The van der Waals surface area contributed by atoms with Crippen LogP contribution in [0.15, 0.2) is 61.1 Å². The number of anilines is 1. The highest BCUT2D eigenvalue weighted by atomic mass is 19.1. The first-order valence-corrected chi connectivity index (χ1v) is 8.19. The molecule has 0 aliphatic carbocycles. The standard InChI is InChI=1S/C20H16FN3O/c21-17-7-5-14(6-8-17)15-11-16(13-22-12-15)20(25)24-10-2-3-18-19(24)4-1-9-23-18/h1,4-9,11-13H,2-3,10H2. The second-order valence-corrected chi connectivity index (χ2v) is 6.00. The van der Waals surface area contributed by atoms with Crippen LogP contribution in [0.1, 0.15) is 22.5 Å². The lowest BCUT2D eigenvalue weighted by Crippen LogP contribution is -2.35. The lowest BCUT2D eigenvalue weighted by molar-refractivity contribution is 0.0984. The van der Waals surface area contributed by atoms with Crippen LogP contribution in [0.5, 0.6) is 0 Å². The van der Waals surface area contributed by atoms with Crippen molar-refractivity contribution in [2.75, 3.05) is 11.4 Å². The Morgan fingerprint density at radius 3 is 2.76 bits per heavy atom. The summed E-state index contributed by atoms with van der Waals surface area (Å²) in [5, 5.41) is 0. The van der Waals surface area contributed by atoms with Gasteiger partial charge in [-0.15, -0.1) is 0 Å². The monoisotopic (exact) mass is 333 g/mol. The molecule has 25 heavy (non-hydrogen) atoms. The fourth-order valence-corrected chi connectivity index (χ4v) is 3.12. The number of aromatic nitrogens is 2. The van der Waals surface area contributed by atoms with Crippen molar-refractivity contribution in [2.45, 2.75) is 12.8 Å². The molecule has 1 aromatic carbocycles. The van der Waals surface area contributed by atoms with Crippen molar-refractivity contribution in [1.29, 1.82) is 0 Å². The van der Waals surface area contributed by atoms with Gasteiger partial charge in [-0.3, -0.25) is 14.8 Å². The van der Waals surface area contributed by atoms with Crippen molar-refractivity contribution >= 4 is 11.6 Å². The molecule has 1 aliphatic rings. The molecular weight excluding hydrogens is 317 g/mol. The summed E-state index contributed by atoms with van der Waals surface area (Å²) in [5.41, 5.74) is 3.94. The van der Waals surface area contributed by atoms with E-state index in [1.165, 1.54) is 12.1 Å². The molecule has 2 aromatic heterocycles. The number of hydrogen-bond acceptors (Lipinski definition) is 3. The topological polar surface area (TPSA) is 46.1 Å². The van der Waals surface area contributed by atoms with E-state index in [2.05, 4.69) is 9.97 Å². The van der Waals surface area contributed by atoms with Gasteiger partial charge in [0.2, 0.25) is 0 Å². The molecule has 0 N–H and O–H groups in total. The number of hydrogen-bond donors (Lipinski definition) is 0. The zero-order valence-corrected chi connectivity index (χ0v) is 13.5. The van der Waals surface area contributed by atoms with Crippen LogP contribution in [0.25, 0.3) is 11.1 Å². The van der Waals surface area contributed by atoms with E-state index in [0.29, 0.717) is 12.1 Å². The van der Waals surface area contributed by atoms with E-state index in [-0.39, 0.29) is 11.7 Å². The highest BCUT2D eigenvalue weighted by molar-refractivity contribution is 6.07. The van der Waals surface area contributed by atoms with Gasteiger partial charge in [-0.25, -0.2) is 4.39 Å². The van der Waals surface area contributed by atoms with Crippen molar-refractivity contribution in [1.82, 2.24) is 9.97 Å². The van der Waals surface area contributed by atoms with Crippen LogP contribution < -0.4 is 4.90 Å². The molecule has 0 atom stereocenters. The van der Waals surface area contributed by atoms with Gasteiger partial charge in [0.1, 0.15) is 5.82 Å².